The highest BCUT2D eigenvalue weighted by Crippen LogP contribution is 2.11. The number of rotatable bonds is 9. The summed E-state index contributed by atoms with van der Waals surface area (Å²) in [6, 6.07) is 9.62. The van der Waals surface area contributed by atoms with E-state index >= 15 is 0 Å². The van der Waals surface area contributed by atoms with Crippen molar-refractivity contribution in [2.75, 3.05) is 19.8 Å². The maximum atomic E-state index is 11.7. The van der Waals surface area contributed by atoms with E-state index in [4.69, 9.17) is 9.47 Å². The number of esters is 1. The van der Waals surface area contributed by atoms with E-state index < -0.39 is 5.97 Å². The van der Waals surface area contributed by atoms with Gasteiger partial charge >= 0.3 is 5.97 Å². The maximum absolute atomic E-state index is 11.7. The molecular formula is C19H25N3O4. The van der Waals surface area contributed by atoms with Gasteiger partial charge in [0.2, 0.25) is 0 Å². The number of nitrogens with one attached hydrogen (secondary N) is 1. The van der Waals surface area contributed by atoms with Crippen LogP contribution in [0.15, 0.2) is 30.3 Å². The standard InChI is InChI=1S/C19H25N3O4/c1-14-5-4-6-17(11-14)25-10-8-20-18(23)13-26-19(24)7-9-22-16(3)12-15(2)21-22/h4-6,11-12H,7-10,13H2,1-3H3,(H,20,23). The largest absolute Gasteiger partial charge is 0.492 e. The van der Waals surface area contributed by atoms with Crippen molar-refractivity contribution in [1.29, 1.82) is 0 Å². The predicted molar refractivity (Wildman–Crippen MR) is 97.0 cm³/mol. The molecule has 2 aromatic rings. The van der Waals surface area contributed by atoms with Gasteiger partial charge in [0.05, 0.1) is 25.2 Å². The normalized spacial score (nSPS) is 10.4. The summed E-state index contributed by atoms with van der Waals surface area (Å²) in [5.74, 6) is -0.0177. The first-order valence-electron chi connectivity index (χ1n) is 8.57. The van der Waals surface area contributed by atoms with Crippen LogP contribution in [-0.4, -0.2) is 41.4 Å². The average Bonchev–Trinajstić information content (AvgIpc) is 2.92. The van der Waals surface area contributed by atoms with E-state index in [1.54, 1.807) is 4.68 Å². The Balaban J connectivity index is 1.57. The van der Waals surface area contributed by atoms with Gasteiger partial charge in [-0.15, -0.1) is 0 Å². The fourth-order valence-electron chi connectivity index (χ4n) is 2.43. The number of aromatic nitrogens is 2. The lowest BCUT2D eigenvalue weighted by molar-refractivity contribution is -0.148. The van der Waals surface area contributed by atoms with Crippen LogP contribution in [-0.2, 0) is 20.9 Å². The Bertz CT molecular complexity index is 755. The molecule has 0 fully saturated rings. The zero-order valence-electron chi connectivity index (χ0n) is 15.4. The van der Waals surface area contributed by atoms with E-state index in [9.17, 15) is 9.59 Å². The second kappa shape index (κ2) is 9.60. The van der Waals surface area contributed by atoms with Gasteiger partial charge < -0.3 is 14.8 Å². The summed E-state index contributed by atoms with van der Waals surface area (Å²) in [7, 11) is 0. The Morgan fingerprint density at radius 1 is 1.19 bits per heavy atom. The molecule has 0 radical (unpaired) electrons. The number of ether oxygens (including phenoxy) is 2. The molecule has 0 saturated carbocycles. The third-order valence-electron chi connectivity index (χ3n) is 3.68. The summed E-state index contributed by atoms with van der Waals surface area (Å²) in [6.45, 7) is 6.65. The first-order valence-corrected chi connectivity index (χ1v) is 8.57. The molecule has 140 valence electrons. The van der Waals surface area contributed by atoms with Crippen molar-refractivity contribution in [3.63, 3.8) is 0 Å². The lowest BCUT2D eigenvalue weighted by atomic mass is 10.2. The molecule has 1 heterocycles. The highest BCUT2D eigenvalue weighted by Gasteiger charge is 2.09. The van der Waals surface area contributed by atoms with Gasteiger partial charge in [-0.25, -0.2) is 0 Å². The van der Waals surface area contributed by atoms with Gasteiger partial charge in [0, 0.05) is 5.69 Å². The average molecular weight is 359 g/mol. The van der Waals surface area contributed by atoms with Crippen LogP contribution in [0.2, 0.25) is 0 Å². The van der Waals surface area contributed by atoms with Crippen LogP contribution < -0.4 is 10.1 Å². The van der Waals surface area contributed by atoms with Crippen LogP contribution in [0.1, 0.15) is 23.4 Å². The molecule has 0 spiro atoms. The van der Waals surface area contributed by atoms with E-state index in [0.717, 1.165) is 22.7 Å². The first kappa shape index (κ1) is 19.5. The van der Waals surface area contributed by atoms with Gasteiger partial charge in [0.25, 0.3) is 5.91 Å². The molecule has 0 aliphatic rings. The number of carbonyl (C=O) groups is 2. The Morgan fingerprint density at radius 2 is 2.00 bits per heavy atom. The van der Waals surface area contributed by atoms with Gasteiger partial charge in [0.1, 0.15) is 12.4 Å². The summed E-state index contributed by atoms with van der Waals surface area (Å²) in [6.07, 6.45) is 0.172. The summed E-state index contributed by atoms with van der Waals surface area (Å²) in [5, 5.41) is 6.92. The topological polar surface area (TPSA) is 82.5 Å². The lowest BCUT2D eigenvalue weighted by Gasteiger charge is -2.09. The Morgan fingerprint density at radius 3 is 2.69 bits per heavy atom. The molecule has 0 atom stereocenters. The third kappa shape index (κ3) is 6.58. The fraction of sp³-hybridized carbons (Fsp3) is 0.421. The Hall–Kier alpha value is -2.83. The second-order valence-corrected chi connectivity index (χ2v) is 6.08. The number of nitrogens with zero attached hydrogens (tertiary/aromatic N) is 2. The van der Waals surface area contributed by atoms with E-state index in [-0.39, 0.29) is 18.9 Å². The molecule has 0 bridgehead atoms. The second-order valence-electron chi connectivity index (χ2n) is 6.08. The monoisotopic (exact) mass is 359 g/mol. The van der Waals surface area contributed by atoms with Crippen molar-refractivity contribution in [2.45, 2.75) is 33.7 Å². The molecule has 7 heteroatoms. The third-order valence-corrected chi connectivity index (χ3v) is 3.68. The van der Waals surface area contributed by atoms with Crippen LogP contribution in [0.25, 0.3) is 0 Å². The van der Waals surface area contributed by atoms with Crippen LogP contribution >= 0.6 is 0 Å². The van der Waals surface area contributed by atoms with Gasteiger partial charge in [0.15, 0.2) is 6.61 Å². The van der Waals surface area contributed by atoms with Crippen molar-refractivity contribution in [1.82, 2.24) is 15.1 Å². The SMILES string of the molecule is Cc1cccc(OCCNC(=O)COC(=O)CCn2nc(C)cc2C)c1. The maximum Gasteiger partial charge on any atom is 0.308 e. The number of benzene rings is 1. The molecule has 1 N–H and O–H groups in total. The quantitative estimate of drug-likeness (QED) is 0.546. The van der Waals surface area contributed by atoms with E-state index in [0.29, 0.717) is 19.7 Å². The van der Waals surface area contributed by atoms with Crippen LogP contribution in [0.3, 0.4) is 0 Å². The predicted octanol–water partition coefficient (Wildman–Crippen LogP) is 1.94. The van der Waals surface area contributed by atoms with E-state index in [2.05, 4.69) is 10.4 Å². The highest BCUT2D eigenvalue weighted by molar-refractivity contribution is 5.80. The minimum Gasteiger partial charge on any atom is -0.492 e. The van der Waals surface area contributed by atoms with Crippen LogP contribution in [0.4, 0.5) is 0 Å². The summed E-state index contributed by atoms with van der Waals surface area (Å²) >= 11 is 0. The number of hydrogen-bond donors (Lipinski definition) is 1. The van der Waals surface area contributed by atoms with Crippen molar-refractivity contribution in [3.8, 4) is 5.75 Å². The number of carbonyl (C=O) groups excluding carboxylic acids is 2. The molecule has 0 unspecified atom stereocenters. The Kier molecular flexibility index (Phi) is 7.20. The van der Waals surface area contributed by atoms with E-state index in [1.807, 2.05) is 51.1 Å². The van der Waals surface area contributed by atoms with Crippen molar-refractivity contribution >= 4 is 11.9 Å². The summed E-state index contributed by atoms with van der Waals surface area (Å²) < 4.78 is 12.3. The molecule has 7 nitrogen and oxygen atoms in total. The molecule has 1 aromatic carbocycles. The lowest BCUT2D eigenvalue weighted by Crippen LogP contribution is -2.32. The summed E-state index contributed by atoms with van der Waals surface area (Å²) in [5.41, 5.74) is 3.00. The zero-order chi connectivity index (χ0) is 18.9. The van der Waals surface area contributed by atoms with Crippen LogP contribution in [0, 0.1) is 20.8 Å². The minimum absolute atomic E-state index is 0.172. The number of hydrogen-bond acceptors (Lipinski definition) is 5. The molecule has 1 amide bonds. The highest BCUT2D eigenvalue weighted by atomic mass is 16.5. The zero-order valence-corrected chi connectivity index (χ0v) is 15.4. The van der Waals surface area contributed by atoms with Crippen molar-refractivity contribution < 1.29 is 19.1 Å². The van der Waals surface area contributed by atoms with Gasteiger partial charge in [-0.1, -0.05) is 12.1 Å². The Labute approximate surface area is 153 Å². The molecule has 0 aliphatic heterocycles. The van der Waals surface area contributed by atoms with Gasteiger partial charge in [-0.05, 0) is 44.5 Å². The number of amides is 1. The summed E-state index contributed by atoms with van der Waals surface area (Å²) in [4.78, 5) is 23.4. The van der Waals surface area contributed by atoms with Crippen molar-refractivity contribution in [2.24, 2.45) is 0 Å². The number of aryl methyl sites for hydroxylation is 4. The van der Waals surface area contributed by atoms with E-state index in [1.165, 1.54) is 0 Å². The molecule has 26 heavy (non-hydrogen) atoms. The molecule has 0 aliphatic carbocycles. The van der Waals surface area contributed by atoms with Gasteiger partial charge in [-0.2, -0.15) is 5.10 Å². The van der Waals surface area contributed by atoms with Crippen molar-refractivity contribution in [3.05, 3.63) is 47.3 Å². The molecule has 2 rings (SSSR count). The van der Waals surface area contributed by atoms with Gasteiger partial charge in [-0.3, -0.25) is 14.3 Å². The fourth-order valence-corrected chi connectivity index (χ4v) is 2.43. The molecule has 0 saturated heterocycles. The minimum atomic E-state index is -0.427. The van der Waals surface area contributed by atoms with Crippen LogP contribution in [0.5, 0.6) is 5.75 Å². The molecular weight excluding hydrogens is 334 g/mol. The first-order chi connectivity index (χ1) is 12.4. The molecule has 1 aromatic heterocycles. The smallest absolute Gasteiger partial charge is 0.308 e.